The van der Waals surface area contributed by atoms with Crippen molar-refractivity contribution in [3.63, 3.8) is 0 Å². The molecule has 0 fully saturated rings. The molecule has 2 N–H and O–H groups in total. The molecule has 8 heteroatoms. The van der Waals surface area contributed by atoms with Gasteiger partial charge in [0.25, 0.3) is 5.91 Å². The summed E-state index contributed by atoms with van der Waals surface area (Å²) in [5.41, 5.74) is 2.55. The maximum absolute atomic E-state index is 12.7. The second-order valence-electron chi connectivity index (χ2n) is 6.36. The van der Waals surface area contributed by atoms with Gasteiger partial charge in [0.15, 0.2) is 0 Å². The van der Waals surface area contributed by atoms with E-state index in [-0.39, 0.29) is 23.0 Å². The molecule has 0 radical (unpaired) electrons. The highest BCUT2D eigenvalue weighted by Gasteiger charge is 2.18. The number of hydrogen-bond donors (Lipinski definition) is 2. The fourth-order valence-corrected chi connectivity index (χ4v) is 3.66. The van der Waals surface area contributed by atoms with Gasteiger partial charge < -0.3 is 10.1 Å². The van der Waals surface area contributed by atoms with E-state index in [1.165, 1.54) is 25.3 Å². The smallest absolute Gasteiger partial charge is 0.255 e. The first kappa shape index (κ1) is 20.5. The van der Waals surface area contributed by atoms with Gasteiger partial charge in [-0.25, -0.2) is 13.1 Å². The minimum absolute atomic E-state index is 0.0200. The molecule has 0 saturated carbocycles. The van der Waals surface area contributed by atoms with Crippen LogP contribution in [0.5, 0.6) is 5.75 Å². The fraction of sp³-hybridized carbons (Fsp3) is 0.143. The maximum Gasteiger partial charge on any atom is 0.255 e. The van der Waals surface area contributed by atoms with Gasteiger partial charge in [0.2, 0.25) is 10.0 Å². The van der Waals surface area contributed by atoms with Crippen molar-refractivity contribution in [1.82, 2.24) is 9.71 Å². The number of nitrogens with one attached hydrogen (secondary N) is 2. The molecule has 0 unspecified atom stereocenters. The van der Waals surface area contributed by atoms with Crippen LogP contribution in [0.4, 0.5) is 5.69 Å². The van der Waals surface area contributed by atoms with E-state index in [2.05, 4.69) is 15.0 Å². The lowest BCUT2D eigenvalue weighted by Crippen LogP contribution is -2.23. The first-order chi connectivity index (χ1) is 13.9. The van der Waals surface area contributed by atoms with Crippen LogP contribution in [0.25, 0.3) is 0 Å². The zero-order chi connectivity index (χ0) is 20.9. The van der Waals surface area contributed by atoms with E-state index >= 15 is 0 Å². The number of anilines is 1. The predicted molar refractivity (Wildman–Crippen MR) is 110 cm³/mol. The van der Waals surface area contributed by atoms with Crippen molar-refractivity contribution in [2.24, 2.45) is 0 Å². The molecule has 0 aliphatic rings. The van der Waals surface area contributed by atoms with E-state index in [1.54, 1.807) is 36.7 Å². The van der Waals surface area contributed by atoms with E-state index in [9.17, 15) is 13.2 Å². The van der Waals surface area contributed by atoms with Gasteiger partial charge in [-0.15, -0.1) is 0 Å². The number of ether oxygens (including phenoxy) is 1. The number of nitrogens with zero attached hydrogens (tertiary/aromatic N) is 1. The van der Waals surface area contributed by atoms with Crippen molar-refractivity contribution in [3.8, 4) is 5.75 Å². The summed E-state index contributed by atoms with van der Waals surface area (Å²) >= 11 is 0. The van der Waals surface area contributed by atoms with E-state index in [0.717, 1.165) is 11.1 Å². The standard InChI is InChI=1S/C21H21N3O4S/c1-15-3-5-17(6-4-15)21(25)24-19-13-18(7-8-20(19)28-2)29(26,27)23-14-16-9-11-22-12-10-16/h3-13,23H,14H2,1-2H3,(H,24,25). The lowest BCUT2D eigenvalue weighted by Gasteiger charge is -2.13. The Morgan fingerprint density at radius 1 is 1.03 bits per heavy atom. The number of sulfonamides is 1. The highest BCUT2D eigenvalue weighted by Crippen LogP contribution is 2.28. The average molecular weight is 411 g/mol. The first-order valence-electron chi connectivity index (χ1n) is 8.84. The molecular weight excluding hydrogens is 390 g/mol. The van der Waals surface area contributed by atoms with E-state index < -0.39 is 10.0 Å². The number of benzene rings is 2. The summed E-state index contributed by atoms with van der Waals surface area (Å²) in [7, 11) is -2.34. The molecule has 3 rings (SSSR count). The van der Waals surface area contributed by atoms with Crippen LogP contribution in [0.1, 0.15) is 21.5 Å². The molecule has 1 heterocycles. The molecule has 0 aliphatic carbocycles. The summed E-state index contributed by atoms with van der Waals surface area (Å²) in [6.45, 7) is 2.06. The molecular formula is C21H21N3O4S. The quantitative estimate of drug-likeness (QED) is 0.623. The summed E-state index contributed by atoms with van der Waals surface area (Å²) in [6, 6.07) is 14.8. The van der Waals surface area contributed by atoms with Gasteiger partial charge in [-0.1, -0.05) is 17.7 Å². The summed E-state index contributed by atoms with van der Waals surface area (Å²) in [5, 5.41) is 2.72. The van der Waals surface area contributed by atoms with Crippen molar-refractivity contribution in [2.75, 3.05) is 12.4 Å². The highest BCUT2D eigenvalue weighted by atomic mass is 32.2. The fourth-order valence-electron chi connectivity index (χ4n) is 2.61. The Hall–Kier alpha value is -3.23. The predicted octanol–water partition coefficient (Wildman–Crippen LogP) is 3.13. The third kappa shape index (κ3) is 5.18. The van der Waals surface area contributed by atoms with Crippen LogP contribution in [-0.2, 0) is 16.6 Å². The normalized spacial score (nSPS) is 11.1. The van der Waals surface area contributed by atoms with E-state index in [1.807, 2.05) is 19.1 Å². The molecule has 0 atom stereocenters. The molecule has 1 amide bonds. The van der Waals surface area contributed by atoms with Crippen molar-refractivity contribution in [1.29, 1.82) is 0 Å². The van der Waals surface area contributed by atoms with Gasteiger partial charge in [0.1, 0.15) is 5.75 Å². The Kier molecular flexibility index (Phi) is 6.26. The molecule has 0 aliphatic heterocycles. The van der Waals surface area contributed by atoms with Crippen LogP contribution in [0.2, 0.25) is 0 Å². The molecule has 2 aromatic carbocycles. The third-order valence-electron chi connectivity index (χ3n) is 4.26. The van der Waals surface area contributed by atoms with Crippen LogP contribution in [0.15, 0.2) is 71.9 Å². The van der Waals surface area contributed by atoms with Gasteiger partial charge in [-0.05, 0) is 55.0 Å². The zero-order valence-electron chi connectivity index (χ0n) is 16.0. The summed E-state index contributed by atoms with van der Waals surface area (Å²) in [5.74, 6) is 0.00105. The number of carbonyl (C=O) groups excluding carboxylic acids is 1. The second kappa shape index (κ2) is 8.85. The molecule has 150 valence electrons. The molecule has 0 saturated heterocycles. The minimum atomic E-state index is -3.79. The monoisotopic (exact) mass is 411 g/mol. The summed E-state index contributed by atoms with van der Waals surface area (Å²) in [4.78, 5) is 16.5. The van der Waals surface area contributed by atoms with Crippen LogP contribution in [0.3, 0.4) is 0 Å². The lowest BCUT2D eigenvalue weighted by molar-refractivity contribution is 0.102. The van der Waals surface area contributed by atoms with Gasteiger partial charge in [-0.3, -0.25) is 9.78 Å². The number of hydrogen-bond acceptors (Lipinski definition) is 5. The highest BCUT2D eigenvalue weighted by molar-refractivity contribution is 7.89. The number of rotatable bonds is 7. The van der Waals surface area contributed by atoms with Crippen LogP contribution in [-0.4, -0.2) is 26.4 Å². The molecule has 1 aromatic heterocycles. The SMILES string of the molecule is COc1ccc(S(=O)(=O)NCc2ccncc2)cc1NC(=O)c1ccc(C)cc1. The number of pyridine rings is 1. The molecule has 0 spiro atoms. The second-order valence-corrected chi connectivity index (χ2v) is 8.13. The third-order valence-corrected chi connectivity index (χ3v) is 5.66. The Labute approximate surface area is 169 Å². The number of methoxy groups -OCH3 is 1. The van der Waals surface area contributed by atoms with Gasteiger partial charge in [0, 0.05) is 24.5 Å². The van der Waals surface area contributed by atoms with E-state index in [0.29, 0.717) is 11.3 Å². The molecule has 7 nitrogen and oxygen atoms in total. The molecule has 29 heavy (non-hydrogen) atoms. The zero-order valence-corrected chi connectivity index (χ0v) is 16.9. The van der Waals surface area contributed by atoms with Crippen LogP contribution in [0, 0.1) is 6.92 Å². The number of aromatic nitrogens is 1. The maximum atomic E-state index is 12.7. The number of carbonyl (C=O) groups is 1. The molecule has 3 aromatic rings. The van der Waals surface area contributed by atoms with Crippen molar-refractivity contribution in [2.45, 2.75) is 18.4 Å². The number of amides is 1. The van der Waals surface area contributed by atoms with Crippen LogP contribution >= 0.6 is 0 Å². The summed E-state index contributed by atoms with van der Waals surface area (Å²) in [6.07, 6.45) is 3.19. The van der Waals surface area contributed by atoms with Crippen molar-refractivity contribution < 1.29 is 17.9 Å². The largest absolute Gasteiger partial charge is 0.495 e. The topological polar surface area (TPSA) is 97.4 Å². The van der Waals surface area contributed by atoms with Crippen LogP contribution < -0.4 is 14.8 Å². The van der Waals surface area contributed by atoms with Crippen molar-refractivity contribution >= 4 is 21.6 Å². The van der Waals surface area contributed by atoms with Gasteiger partial charge in [0.05, 0.1) is 17.7 Å². The Morgan fingerprint density at radius 3 is 2.38 bits per heavy atom. The Morgan fingerprint density at radius 2 is 1.72 bits per heavy atom. The van der Waals surface area contributed by atoms with Gasteiger partial charge >= 0.3 is 0 Å². The number of aryl methyl sites for hydroxylation is 1. The van der Waals surface area contributed by atoms with E-state index in [4.69, 9.17) is 4.74 Å². The first-order valence-corrected chi connectivity index (χ1v) is 10.3. The summed E-state index contributed by atoms with van der Waals surface area (Å²) < 4.78 is 33.1. The van der Waals surface area contributed by atoms with Crippen molar-refractivity contribution in [3.05, 3.63) is 83.7 Å². The molecule has 0 bridgehead atoms. The average Bonchev–Trinajstić information content (AvgIpc) is 2.73. The Bertz CT molecular complexity index is 1100. The van der Waals surface area contributed by atoms with Gasteiger partial charge in [-0.2, -0.15) is 0 Å². The Balaban J connectivity index is 1.82. The lowest BCUT2D eigenvalue weighted by atomic mass is 10.1. The minimum Gasteiger partial charge on any atom is -0.495 e.